The van der Waals surface area contributed by atoms with Gasteiger partial charge in [-0.05, 0) is 64.7 Å². The van der Waals surface area contributed by atoms with Crippen molar-refractivity contribution in [3.05, 3.63) is 75.9 Å². The zero-order valence-electron chi connectivity index (χ0n) is 25.3. The number of carbonyl (C=O) groups is 2. The Hall–Kier alpha value is -4.22. The van der Waals surface area contributed by atoms with Gasteiger partial charge in [0.05, 0.1) is 10.7 Å². The summed E-state index contributed by atoms with van der Waals surface area (Å²) in [7, 11) is 3.94. The van der Waals surface area contributed by atoms with Crippen molar-refractivity contribution in [2.24, 2.45) is 5.73 Å². The van der Waals surface area contributed by atoms with Crippen molar-refractivity contribution in [2.45, 2.75) is 37.8 Å². The number of rotatable bonds is 7. The number of allylic oxidation sites excluding steroid dienone is 1. The van der Waals surface area contributed by atoms with E-state index in [0.29, 0.717) is 13.1 Å². The van der Waals surface area contributed by atoms with Gasteiger partial charge < -0.3 is 30.3 Å². The fourth-order valence-corrected chi connectivity index (χ4v) is 5.48. The summed E-state index contributed by atoms with van der Waals surface area (Å²) in [5.74, 6) is -1.32. The summed E-state index contributed by atoms with van der Waals surface area (Å²) < 4.78 is 21.8. The van der Waals surface area contributed by atoms with Crippen LogP contribution in [0.4, 0.5) is 15.1 Å². The van der Waals surface area contributed by atoms with Gasteiger partial charge >= 0.3 is 6.09 Å². The van der Waals surface area contributed by atoms with Gasteiger partial charge in [0.15, 0.2) is 5.82 Å². The topological polar surface area (TPSA) is 125 Å². The molecular formula is C32H36ClFN6O4. The molecule has 0 saturated carbocycles. The minimum Gasteiger partial charge on any atom is -0.508 e. The second kappa shape index (κ2) is 11.7. The molecule has 3 heterocycles. The Morgan fingerprint density at radius 2 is 1.84 bits per heavy atom. The van der Waals surface area contributed by atoms with Crippen LogP contribution >= 0.6 is 11.6 Å². The average molecular weight is 623 g/mol. The number of nitrogens with two attached hydrogens (primary N) is 1. The van der Waals surface area contributed by atoms with Crippen LogP contribution in [0.1, 0.15) is 37.6 Å². The number of hydrogen-bond acceptors (Lipinski definition) is 8. The van der Waals surface area contributed by atoms with Crippen molar-refractivity contribution in [3.63, 3.8) is 0 Å². The average Bonchev–Trinajstić information content (AvgIpc) is 2.86. The minimum absolute atomic E-state index is 0.00896. The summed E-state index contributed by atoms with van der Waals surface area (Å²) in [5.41, 5.74) is 4.73. The van der Waals surface area contributed by atoms with Gasteiger partial charge in [-0.25, -0.2) is 19.2 Å². The molecule has 0 aliphatic carbocycles. The second-order valence-electron chi connectivity index (χ2n) is 12.5. The Labute approximate surface area is 260 Å². The van der Waals surface area contributed by atoms with Gasteiger partial charge in [0, 0.05) is 43.2 Å². The van der Waals surface area contributed by atoms with E-state index in [4.69, 9.17) is 27.1 Å². The van der Waals surface area contributed by atoms with Crippen molar-refractivity contribution < 1.29 is 23.8 Å². The molecular weight excluding hydrogens is 587 g/mol. The molecule has 3 aromatic rings. The SMILES string of the molecule is CN(C)C1CN(c2nc(C3(C(N)=O)CN(C(=O)OC(C)(C)C)C3)c3cc(Cl)c(/C=C/C(O)=C\c4ccccc4)c(F)c3n2)C1. The van der Waals surface area contributed by atoms with E-state index in [1.165, 1.54) is 29.2 Å². The molecule has 2 saturated heterocycles. The molecule has 2 amide bonds. The molecule has 0 unspecified atom stereocenters. The van der Waals surface area contributed by atoms with Gasteiger partial charge in [0.25, 0.3) is 0 Å². The van der Waals surface area contributed by atoms with Gasteiger partial charge in [0.1, 0.15) is 22.3 Å². The third-order valence-corrected chi connectivity index (χ3v) is 8.13. The maximum atomic E-state index is 16.3. The first-order chi connectivity index (χ1) is 20.7. The summed E-state index contributed by atoms with van der Waals surface area (Å²) >= 11 is 6.60. The van der Waals surface area contributed by atoms with E-state index in [2.05, 4.69) is 9.88 Å². The number of anilines is 1. The Morgan fingerprint density at radius 1 is 1.18 bits per heavy atom. The van der Waals surface area contributed by atoms with Crippen molar-refractivity contribution in [1.82, 2.24) is 19.8 Å². The number of aromatic nitrogens is 2. The lowest BCUT2D eigenvalue weighted by molar-refractivity contribution is -0.129. The predicted octanol–water partition coefficient (Wildman–Crippen LogP) is 4.76. The Bertz CT molecular complexity index is 1660. The highest BCUT2D eigenvalue weighted by atomic mass is 35.5. The highest BCUT2D eigenvalue weighted by Crippen LogP contribution is 2.41. The first kappa shape index (κ1) is 31.2. The molecule has 2 aliphatic rings. The number of likely N-dealkylation sites (N-methyl/N-ethyl adjacent to an activating group) is 1. The summed E-state index contributed by atoms with van der Waals surface area (Å²) in [6.07, 6.45) is 3.66. The number of halogens is 2. The number of ether oxygens (including phenoxy) is 1. The first-order valence-electron chi connectivity index (χ1n) is 14.2. The largest absolute Gasteiger partial charge is 0.508 e. The van der Waals surface area contributed by atoms with Gasteiger partial charge in [0.2, 0.25) is 11.9 Å². The van der Waals surface area contributed by atoms with Crippen LogP contribution < -0.4 is 10.6 Å². The quantitative estimate of drug-likeness (QED) is 0.286. The van der Waals surface area contributed by atoms with Gasteiger partial charge in [-0.1, -0.05) is 41.9 Å². The number of nitrogens with zero attached hydrogens (tertiary/aromatic N) is 5. The first-order valence-corrected chi connectivity index (χ1v) is 14.6. The molecule has 5 rings (SSSR count). The van der Waals surface area contributed by atoms with E-state index in [9.17, 15) is 14.7 Å². The molecule has 3 N–H and O–H groups in total. The summed E-state index contributed by atoms with van der Waals surface area (Å²) in [4.78, 5) is 40.5. The number of primary amides is 1. The van der Waals surface area contributed by atoms with Crippen LogP contribution in [0.3, 0.4) is 0 Å². The van der Waals surface area contributed by atoms with E-state index in [-0.39, 0.29) is 58.0 Å². The number of aliphatic hydroxyl groups excluding tert-OH is 1. The zero-order chi connectivity index (χ0) is 32.0. The molecule has 0 radical (unpaired) electrons. The van der Waals surface area contributed by atoms with Crippen LogP contribution in [0.25, 0.3) is 23.1 Å². The Kier molecular flexibility index (Phi) is 8.30. The van der Waals surface area contributed by atoms with Crippen LogP contribution in [-0.4, -0.2) is 88.8 Å². The molecule has 2 aromatic carbocycles. The summed E-state index contributed by atoms with van der Waals surface area (Å²) in [6.45, 7) is 6.26. The molecule has 12 heteroatoms. The molecule has 1 aromatic heterocycles. The highest BCUT2D eigenvalue weighted by Gasteiger charge is 2.55. The third kappa shape index (κ3) is 6.07. The van der Waals surface area contributed by atoms with E-state index in [0.717, 1.165) is 5.56 Å². The number of hydrogen-bond donors (Lipinski definition) is 2. The van der Waals surface area contributed by atoms with Gasteiger partial charge in [-0.3, -0.25) is 4.79 Å². The van der Waals surface area contributed by atoms with E-state index in [1.54, 1.807) is 20.8 Å². The number of amides is 2. The lowest BCUT2D eigenvalue weighted by atomic mass is 9.74. The molecule has 232 valence electrons. The van der Waals surface area contributed by atoms with Crippen molar-refractivity contribution >= 4 is 52.6 Å². The number of carbonyl (C=O) groups excluding carboxylic acids is 2. The fraction of sp³-hybridized carbons (Fsp3) is 0.375. The highest BCUT2D eigenvalue weighted by molar-refractivity contribution is 6.33. The lowest BCUT2D eigenvalue weighted by Gasteiger charge is -2.48. The zero-order valence-corrected chi connectivity index (χ0v) is 26.1. The van der Waals surface area contributed by atoms with Crippen LogP contribution in [0.2, 0.25) is 5.02 Å². The third-order valence-electron chi connectivity index (χ3n) is 7.82. The Morgan fingerprint density at radius 3 is 2.43 bits per heavy atom. The number of benzene rings is 2. The number of fused-ring (bicyclic) bond motifs is 1. The molecule has 44 heavy (non-hydrogen) atoms. The smallest absolute Gasteiger partial charge is 0.410 e. The minimum atomic E-state index is -1.41. The number of likely N-dealkylation sites (tertiary alicyclic amines) is 1. The standard InChI is InChI=1S/C32H36ClFN6O4/c1-31(2,3)44-30(43)40-17-32(18-40,28(35)42)27-23-14-24(33)22(12-11-21(41)13-19-9-7-6-8-10-19)25(34)26(23)36-29(37-27)39-15-20(16-39)38(4)5/h6-14,20,41H,15-18H2,1-5H3,(H2,35,42)/b12-11+,21-13+. The molecule has 0 atom stereocenters. The van der Waals surface area contributed by atoms with E-state index >= 15 is 4.39 Å². The Balaban J connectivity index is 1.59. The normalized spacial score (nSPS) is 17.2. The van der Waals surface area contributed by atoms with Crippen molar-refractivity contribution in [2.75, 3.05) is 45.2 Å². The number of aliphatic hydroxyl groups is 1. The predicted molar refractivity (Wildman–Crippen MR) is 169 cm³/mol. The lowest BCUT2D eigenvalue weighted by Crippen LogP contribution is -2.67. The van der Waals surface area contributed by atoms with Crippen LogP contribution in [0.15, 0.2) is 48.2 Å². The van der Waals surface area contributed by atoms with Gasteiger partial charge in [-0.15, -0.1) is 0 Å². The fourth-order valence-electron chi connectivity index (χ4n) is 5.22. The van der Waals surface area contributed by atoms with Gasteiger partial charge in [-0.2, -0.15) is 0 Å². The second-order valence-corrected chi connectivity index (χ2v) is 12.9. The molecule has 2 fully saturated rings. The maximum Gasteiger partial charge on any atom is 0.410 e. The van der Waals surface area contributed by atoms with Crippen molar-refractivity contribution in [1.29, 1.82) is 0 Å². The van der Waals surface area contributed by atoms with E-state index in [1.807, 2.05) is 49.3 Å². The summed E-state index contributed by atoms with van der Waals surface area (Å²) in [6, 6.07) is 10.9. The monoisotopic (exact) mass is 622 g/mol. The van der Waals surface area contributed by atoms with Crippen molar-refractivity contribution in [3.8, 4) is 0 Å². The van der Waals surface area contributed by atoms with E-state index < -0.39 is 28.8 Å². The van der Waals surface area contributed by atoms with Crippen LogP contribution in [0.5, 0.6) is 0 Å². The summed E-state index contributed by atoms with van der Waals surface area (Å²) in [5, 5.41) is 10.7. The molecule has 0 spiro atoms. The van der Waals surface area contributed by atoms with Crippen LogP contribution in [0, 0.1) is 5.82 Å². The van der Waals surface area contributed by atoms with Crippen LogP contribution in [-0.2, 0) is 14.9 Å². The molecule has 2 aliphatic heterocycles. The molecule has 0 bridgehead atoms. The molecule has 10 nitrogen and oxygen atoms in total. The maximum absolute atomic E-state index is 16.3.